The van der Waals surface area contributed by atoms with Gasteiger partial charge in [0.2, 0.25) is 0 Å². The van der Waals surface area contributed by atoms with Crippen LogP contribution in [-0.2, 0) is 28.7 Å². The summed E-state index contributed by atoms with van der Waals surface area (Å²) < 4.78 is 15.7. The number of hydrogen-bond acceptors (Lipinski definition) is 7. The summed E-state index contributed by atoms with van der Waals surface area (Å²) in [5.41, 5.74) is 0.482. The molecule has 0 heterocycles. The second kappa shape index (κ2) is 12.0. The molecule has 1 aromatic rings. The Hall–Kier alpha value is -2.70. The Bertz CT molecular complexity index is 672. The van der Waals surface area contributed by atoms with E-state index in [9.17, 15) is 19.2 Å². The van der Waals surface area contributed by atoms with Gasteiger partial charge in [0.05, 0.1) is 19.8 Å². The molecule has 0 aliphatic rings. The highest BCUT2D eigenvalue weighted by molar-refractivity contribution is 6.04. The fourth-order valence-corrected chi connectivity index (χ4v) is 3.18. The lowest BCUT2D eigenvalue weighted by Crippen LogP contribution is -2.40. The van der Waals surface area contributed by atoms with E-state index >= 15 is 0 Å². The molecule has 0 radical (unpaired) electrons. The van der Waals surface area contributed by atoms with Crippen LogP contribution in [0.3, 0.4) is 0 Å². The number of rotatable bonds is 12. The van der Waals surface area contributed by atoms with Gasteiger partial charge in [-0.1, -0.05) is 19.1 Å². The highest BCUT2D eigenvalue weighted by Gasteiger charge is 2.45. The maximum absolute atomic E-state index is 12.6. The zero-order chi connectivity index (χ0) is 22.0. The van der Waals surface area contributed by atoms with Crippen molar-refractivity contribution in [1.82, 2.24) is 0 Å². The SMILES string of the molecule is CCCOc1ccc(C(C(C(C)=O)C(=O)OCC)C(C(C)=O)C(=O)OCC)cc1. The van der Waals surface area contributed by atoms with E-state index in [2.05, 4.69) is 0 Å². The van der Waals surface area contributed by atoms with E-state index in [1.165, 1.54) is 13.8 Å². The second-order valence-corrected chi connectivity index (χ2v) is 6.62. The Labute approximate surface area is 171 Å². The van der Waals surface area contributed by atoms with Crippen molar-refractivity contribution in [2.24, 2.45) is 11.8 Å². The summed E-state index contributed by atoms with van der Waals surface area (Å²) in [6.45, 7) is 8.41. The normalized spacial score (nSPS) is 13.7. The van der Waals surface area contributed by atoms with Gasteiger partial charge in [-0.3, -0.25) is 19.2 Å². The second-order valence-electron chi connectivity index (χ2n) is 6.62. The van der Waals surface area contributed by atoms with Crippen LogP contribution >= 0.6 is 0 Å². The number of benzene rings is 1. The molecule has 0 aromatic heterocycles. The number of esters is 2. The summed E-state index contributed by atoms with van der Waals surface area (Å²) in [7, 11) is 0. The fourth-order valence-electron chi connectivity index (χ4n) is 3.18. The Kier molecular flexibility index (Phi) is 10.1. The molecule has 0 saturated heterocycles. The molecule has 0 amide bonds. The van der Waals surface area contributed by atoms with Gasteiger partial charge < -0.3 is 14.2 Å². The quantitative estimate of drug-likeness (QED) is 0.389. The first-order valence-electron chi connectivity index (χ1n) is 9.85. The van der Waals surface area contributed by atoms with Gasteiger partial charge in [-0.2, -0.15) is 0 Å². The van der Waals surface area contributed by atoms with Crippen LogP contribution in [0, 0.1) is 11.8 Å². The van der Waals surface area contributed by atoms with Gasteiger partial charge in [0, 0.05) is 5.92 Å². The van der Waals surface area contributed by atoms with Crippen molar-refractivity contribution in [3.05, 3.63) is 29.8 Å². The molecule has 0 aliphatic carbocycles. The van der Waals surface area contributed by atoms with Gasteiger partial charge in [0.25, 0.3) is 0 Å². The van der Waals surface area contributed by atoms with E-state index in [-0.39, 0.29) is 13.2 Å². The highest BCUT2D eigenvalue weighted by Crippen LogP contribution is 2.36. The molecule has 0 aliphatic heterocycles. The van der Waals surface area contributed by atoms with E-state index in [0.717, 1.165) is 6.42 Å². The van der Waals surface area contributed by atoms with Crippen molar-refractivity contribution in [3.63, 3.8) is 0 Å². The molecule has 0 spiro atoms. The molecule has 1 rings (SSSR count). The molecule has 160 valence electrons. The van der Waals surface area contributed by atoms with Gasteiger partial charge in [-0.25, -0.2) is 0 Å². The number of hydrogen-bond donors (Lipinski definition) is 0. The molecule has 7 heteroatoms. The summed E-state index contributed by atoms with van der Waals surface area (Å²) in [5.74, 6) is -5.57. The summed E-state index contributed by atoms with van der Waals surface area (Å²) in [6, 6.07) is 6.67. The number of carbonyl (C=O) groups excluding carboxylic acids is 4. The van der Waals surface area contributed by atoms with Crippen molar-refractivity contribution >= 4 is 23.5 Å². The van der Waals surface area contributed by atoms with Crippen LogP contribution in [0.4, 0.5) is 0 Å². The van der Waals surface area contributed by atoms with Gasteiger partial charge >= 0.3 is 11.9 Å². The van der Waals surface area contributed by atoms with Gasteiger partial charge in [-0.05, 0) is 51.8 Å². The van der Waals surface area contributed by atoms with Crippen LogP contribution in [0.2, 0.25) is 0 Å². The molecule has 1 aromatic carbocycles. The molecule has 0 bridgehead atoms. The third-order valence-corrected chi connectivity index (χ3v) is 4.41. The molecule has 0 fully saturated rings. The van der Waals surface area contributed by atoms with E-state index in [1.54, 1.807) is 38.1 Å². The molecule has 29 heavy (non-hydrogen) atoms. The Balaban J connectivity index is 3.49. The monoisotopic (exact) mass is 406 g/mol. The van der Waals surface area contributed by atoms with Gasteiger partial charge in [0.1, 0.15) is 29.2 Å². The van der Waals surface area contributed by atoms with Gasteiger partial charge in [0.15, 0.2) is 0 Å². The lowest BCUT2D eigenvalue weighted by molar-refractivity contribution is -0.157. The Morgan fingerprint density at radius 1 is 0.793 bits per heavy atom. The standard InChI is InChI=1S/C22H30O7/c1-6-13-29-17-11-9-16(10-12-17)20(18(14(4)23)21(25)27-7-2)19(15(5)24)22(26)28-8-3/h9-12,18-20H,6-8,13H2,1-5H3. The van der Waals surface area contributed by atoms with Crippen LogP contribution in [-0.4, -0.2) is 43.3 Å². The maximum Gasteiger partial charge on any atom is 0.317 e. The first-order chi connectivity index (χ1) is 13.8. The topological polar surface area (TPSA) is 96.0 Å². The maximum atomic E-state index is 12.6. The highest BCUT2D eigenvalue weighted by atomic mass is 16.5. The zero-order valence-corrected chi connectivity index (χ0v) is 17.7. The summed E-state index contributed by atoms with van der Waals surface area (Å²) in [5, 5.41) is 0. The van der Waals surface area contributed by atoms with Crippen LogP contribution in [0.5, 0.6) is 5.75 Å². The largest absolute Gasteiger partial charge is 0.494 e. The zero-order valence-electron chi connectivity index (χ0n) is 17.7. The lowest BCUT2D eigenvalue weighted by atomic mass is 9.73. The Morgan fingerprint density at radius 2 is 1.24 bits per heavy atom. The van der Waals surface area contributed by atoms with Crippen molar-refractivity contribution in [3.8, 4) is 5.75 Å². The molecule has 2 atom stereocenters. The minimum absolute atomic E-state index is 0.0727. The summed E-state index contributed by atoms with van der Waals surface area (Å²) in [4.78, 5) is 50.0. The number of ketones is 2. The molecule has 2 unspecified atom stereocenters. The minimum Gasteiger partial charge on any atom is -0.494 e. The third kappa shape index (κ3) is 6.69. The van der Waals surface area contributed by atoms with E-state index in [4.69, 9.17) is 14.2 Å². The molecular formula is C22H30O7. The summed E-state index contributed by atoms with van der Waals surface area (Å²) >= 11 is 0. The van der Waals surface area contributed by atoms with Crippen molar-refractivity contribution in [2.45, 2.75) is 47.0 Å². The van der Waals surface area contributed by atoms with Crippen molar-refractivity contribution < 1.29 is 33.4 Å². The predicted molar refractivity (Wildman–Crippen MR) is 107 cm³/mol. The van der Waals surface area contributed by atoms with Gasteiger partial charge in [-0.15, -0.1) is 0 Å². The number of carbonyl (C=O) groups is 4. The molecule has 7 nitrogen and oxygen atoms in total. The van der Waals surface area contributed by atoms with Crippen LogP contribution in [0.1, 0.15) is 52.5 Å². The fraction of sp³-hybridized carbons (Fsp3) is 0.545. The molecular weight excluding hydrogens is 376 g/mol. The smallest absolute Gasteiger partial charge is 0.317 e. The third-order valence-electron chi connectivity index (χ3n) is 4.41. The van der Waals surface area contributed by atoms with E-state index < -0.39 is 41.3 Å². The van der Waals surface area contributed by atoms with Crippen molar-refractivity contribution in [2.75, 3.05) is 19.8 Å². The first-order valence-corrected chi connectivity index (χ1v) is 9.85. The number of ether oxygens (including phenoxy) is 3. The summed E-state index contributed by atoms with van der Waals surface area (Å²) in [6.07, 6.45) is 0.842. The average Bonchev–Trinajstić information content (AvgIpc) is 2.66. The minimum atomic E-state index is -1.31. The lowest BCUT2D eigenvalue weighted by Gasteiger charge is -2.29. The van der Waals surface area contributed by atoms with E-state index in [0.29, 0.717) is 17.9 Å². The Morgan fingerprint density at radius 3 is 1.59 bits per heavy atom. The average molecular weight is 406 g/mol. The van der Waals surface area contributed by atoms with Crippen molar-refractivity contribution in [1.29, 1.82) is 0 Å². The predicted octanol–water partition coefficient (Wildman–Crippen LogP) is 3.10. The van der Waals surface area contributed by atoms with Crippen LogP contribution < -0.4 is 4.74 Å². The molecule has 0 N–H and O–H groups in total. The molecule has 0 saturated carbocycles. The number of Topliss-reactive ketones (excluding diaryl/α,β-unsaturated/α-hetero) is 2. The van der Waals surface area contributed by atoms with Crippen LogP contribution in [0.15, 0.2) is 24.3 Å². The van der Waals surface area contributed by atoms with Crippen LogP contribution in [0.25, 0.3) is 0 Å². The van der Waals surface area contributed by atoms with E-state index in [1.807, 2.05) is 6.92 Å². The first kappa shape index (κ1) is 24.3.